The zero-order valence-corrected chi connectivity index (χ0v) is 21.3. The molecule has 0 unspecified atom stereocenters. The van der Waals surface area contributed by atoms with Crippen molar-refractivity contribution in [3.63, 3.8) is 0 Å². The van der Waals surface area contributed by atoms with Crippen LogP contribution in [0.1, 0.15) is 56.2 Å². The summed E-state index contributed by atoms with van der Waals surface area (Å²) < 4.78 is 27.0. The van der Waals surface area contributed by atoms with Crippen LogP contribution in [0.2, 0.25) is 0 Å². The first kappa shape index (κ1) is 27.7. The van der Waals surface area contributed by atoms with Crippen LogP contribution in [0.5, 0.6) is 11.6 Å². The van der Waals surface area contributed by atoms with Crippen molar-refractivity contribution in [3.05, 3.63) is 71.7 Å². The minimum atomic E-state index is -1.19. The van der Waals surface area contributed by atoms with Crippen LogP contribution in [0.15, 0.2) is 54.6 Å². The first-order valence-corrected chi connectivity index (χ1v) is 12.0. The number of nitrogens with one attached hydrogen (secondary N) is 1. The molecule has 0 fully saturated rings. The lowest BCUT2D eigenvalue weighted by Crippen LogP contribution is -2.38. The lowest BCUT2D eigenvalue weighted by Gasteiger charge is -2.27. The molecule has 37 heavy (non-hydrogen) atoms. The molecule has 1 aromatic heterocycles. The molecule has 198 valence electrons. The van der Waals surface area contributed by atoms with Crippen molar-refractivity contribution in [2.45, 2.75) is 45.8 Å². The molecule has 0 aliphatic carbocycles. The van der Waals surface area contributed by atoms with E-state index in [9.17, 15) is 24.2 Å². The van der Waals surface area contributed by atoms with Gasteiger partial charge in [0.1, 0.15) is 23.9 Å². The van der Waals surface area contributed by atoms with Gasteiger partial charge in [-0.05, 0) is 49.6 Å². The third kappa shape index (κ3) is 7.07. The molecule has 3 N–H and O–H groups in total. The van der Waals surface area contributed by atoms with Crippen molar-refractivity contribution in [3.8, 4) is 17.3 Å². The SMILES string of the molecule is CCOc1cccc([C@H](CC(=O)O)NC(=O)c2cc(OC[C@@](C)(O)C(C)C)n(-c3ccccc3F)n2)c1. The number of nitrogens with zero attached hydrogens (tertiary/aromatic N) is 2. The van der Waals surface area contributed by atoms with E-state index in [0.717, 1.165) is 4.68 Å². The Bertz CT molecular complexity index is 1240. The normalized spacial score (nSPS) is 13.6. The van der Waals surface area contributed by atoms with Crippen LogP contribution in [0.25, 0.3) is 5.69 Å². The molecule has 1 amide bonds. The molecule has 0 saturated heterocycles. The molecule has 0 aliphatic rings. The zero-order valence-electron chi connectivity index (χ0n) is 21.3. The number of halogens is 1. The number of amides is 1. The largest absolute Gasteiger partial charge is 0.494 e. The monoisotopic (exact) mass is 513 g/mol. The van der Waals surface area contributed by atoms with E-state index in [1.165, 1.54) is 24.3 Å². The summed E-state index contributed by atoms with van der Waals surface area (Å²) in [6, 6.07) is 13.1. The van der Waals surface area contributed by atoms with Gasteiger partial charge in [0.25, 0.3) is 5.91 Å². The Morgan fingerprint density at radius 1 is 1.14 bits per heavy atom. The molecule has 0 radical (unpaired) electrons. The number of carbonyl (C=O) groups excluding carboxylic acids is 1. The maximum absolute atomic E-state index is 14.6. The minimum Gasteiger partial charge on any atom is -0.494 e. The van der Waals surface area contributed by atoms with Crippen LogP contribution in [0, 0.1) is 11.7 Å². The lowest BCUT2D eigenvalue weighted by molar-refractivity contribution is -0.137. The Morgan fingerprint density at radius 3 is 2.51 bits per heavy atom. The highest BCUT2D eigenvalue weighted by atomic mass is 19.1. The number of carboxylic acid groups (broad SMARTS) is 1. The molecule has 0 spiro atoms. The average Bonchev–Trinajstić information content (AvgIpc) is 3.27. The van der Waals surface area contributed by atoms with E-state index in [1.54, 1.807) is 37.3 Å². The third-order valence-corrected chi connectivity index (χ3v) is 6.00. The van der Waals surface area contributed by atoms with Gasteiger partial charge in [-0.1, -0.05) is 38.1 Å². The molecule has 0 aliphatic heterocycles. The molecule has 0 saturated carbocycles. The summed E-state index contributed by atoms with van der Waals surface area (Å²) in [5.74, 6) is -1.92. The fourth-order valence-electron chi connectivity index (χ4n) is 3.41. The Labute approximate surface area is 214 Å². The van der Waals surface area contributed by atoms with Crippen molar-refractivity contribution in [2.75, 3.05) is 13.2 Å². The van der Waals surface area contributed by atoms with Crippen LogP contribution in [0.3, 0.4) is 0 Å². The van der Waals surface area contributed by atoms with Gasteiger partial charge >= 0.3 is 5.97 Å². The van der Waals surface area contributed by atoms with E-state index in [-0.39, 0.29) is 36.2 Å². The fourth-order valence-corrected chi connectivity index (χ4v) is 3.41. The first-order valence-electron chi connectivity index (χ1n) is 12.0. The van der Waals surface area contributed by atoms with Gasteiger partial charge in [0.05, 0.1) is 24.7 Å². The molecule has 3 rings (SSSR count). The second kappa shape index (κ2) is 11.9. The topological polar surface area (TPSA) is 123 Å². The number of benzene rings is 2. The number of carbonyl (C=O) groups is 2. The smallest absolute Gasteiger partial charge is 0.305 e. The zero-order chi connectivity index (χ0) is 27.2. The third-order valence-electron chi connectivity index (χ3n) is 6.00. The Balaban J connectivity index is 1.94. The molecule has 2 aromatic carbocycles. The summed E-state index contributed by atoms with van der Waals surface area (Å²) in [5, 5.41) is 27.0. The number of aliphatic carboxylic acids is 1. The van der Waals surface area contributed by atoms with Gasteiger partial charge in [-0.3, -0.25) is 9.59 Å². The summed E-state index contributed by atoms with van der Waals surface area (Å²) >= 11 is 0. The highest BCUT2D eigenvalue weighted by Gasteiger charge is 2.28. The number of aromatic nitrogens is 2. The Morgan fingerprint density at radius 2 is 1.86 bits per heavy atom. The molecule has 0 bridgehead atoms. The number of ether oxygens (including phenoxy) is 2. The van der Waals surface area contributed by atoms with Crippen molar-refractivity contribution in [2.24, 2.45) is 5.92 Å². The fraction of sp³-hybridized carbons (Fsp3) is 0.370. The first-order chi connectivity index (χ1) is 17.5. The maximum Gasteiger partial charge on any atom is 0.305 e. The van der Waals surface area contributed by atoms with Gasteiger partial charge in [0.15, 0.2) is 5.69 Å². The summed E-state index contributed by atoms with van der Waals surface area (Å²) in [6.45, 7) is 7.41. The van der Waals surface area contributed by atoms with Crippen molar-refractivity contribution in [1.82, 2.24) is 15.1 Å². The van der Waals surface area contributed by atoms with Crippen LogP contribution in [-0.2, 0) is 4.79 Å². The molecule has 10 heteroatoms. The lowest BCUT2D eigenvalue weighted by atomic mass is 9.94. The van der Waals surface area contributed by atoms with Crippen LogP contribution < -0.4 is 14.8 Å². The number of hydrogen-bond donors (Lipinski definition) is 3. The van der Waals surface area contributed by atoms with E-state index in [1.807, 2.05) is 20.8 Å². The van der Waals surface area contributed by atoms with Crippen molar-refractivity contribution < 1.29 is 33.7 Å². The quantitative estimate of drug-likeness (QED) is 0.333. The van der Waals surface area contributed by atoms with E-state index in [4.69, 9.17) is 9.47 Å². The predicted octanol–water partition coefficient (Wildman–Crippen LogP) is 4.14. The molecule has 3 aromatic rings. The average molecular weight is 514 g/mol. The second-order valence-electron chi connectivity index (χ2n) is 9.16. The summed E-state index contributed by atoms with van der Waals surface area (Å²) in [6.07, 6.45) is -0.379. The van der Waals surface area contributed by atoms with E-state index in [2.05, 4.69) is 10.4 Å². The van der Waals surface area contributed by atoms with Crippen LogP contribution >= 0.6 is 0 Å². The molecular formula is C27H32FN3O6. The van der Waals surface area contributed by atoms with Gasteiger partial charge in [0.2, 0.25) is 5.88 Å². The van der Waals surface area contributed by atoms with Crippen LogP contribution in [-0.4, -0.2) is 50.7 Å². The number of hydrogen-bond acceptors (Lipinski definition) is 6. The highest BCUT2D eigenvalue weighted by Crippen LogP contribution is 2.26. The molecule has 1 heterocycles. The van der Waals surface area contributed by atoms with Crippen molar-refractivity contribution in [1.29, 1.82) is 0 Å². The highest BCUT2D eigenvalue weighted by molar-refractivity contribution is 5.93. The molecule has 9 nitrogen and oxygen atoms in total. The van der Waals surface area contributed by atoms with Gasteiger partial charge in [-0.25, -0.2) is 4.39 Å². The molecule has 2 atom stereocenters. The second-order valence-corrected chi connectivity index (χ2v) is 9.16. The number of rotatable bonds is 12. The van der Waals surface area contributed by atoms with Gasteiger partial charge in [-0.15, -0.1) is 0 Å². The minimum absolute atomic E-state index is 0.0457. The molecular weight excluding hydrogens is 481 g/mol. The van der Waals surface area contributed by atoms with Gasteiger partial charge < -0.3 is 25.0 Å². The van der Waals surface area contributed by atoms with E-state index < -0.39 is 29.3 Å². The Kier molecular flexibility index (Phi) is 8.88. The predicted molar refractivity (Wildman–Crippen MR) is 135 cm³/mol. The Hall–Kier alpha value is -3.92. The van der Waals surface area contributed by atoms with E-state index in [0.29, 0.717) is 17.9 Å². The summed E-state index contributed by atoms with van der Waals surface area (Å²) in [5.41, 5.74) is -0.712. The maximum atomic E-state index is 14.6. The number of para-hydroxylation sites is 1. The number of carboxylic acids is 1. The van der Waals surface area contributed by atoms with Gasteiger partial charge in [0, 0.05) is 6.07 Å². The van der Waals surface area contributed by atoms with Crippen molar-refractivity contribution >= 4 is 11.9 Å². The van der Waals surface area contributed by atoms with Crippen LogP contribution in [0.4, 0.5) is 4.39 Å². The summed E-state index contributed by atoms with van der Waals surface area (Å²) in [7, 11) is 0. The standard InChI is InChI=1S/C27H32FN3O6/c1-5-36-19-10-8-9-18(13-19)21(15-25(32)33)29-26(34)22-14-24(37-16-27(4,35)17(2)3)31(30-22)23-12-7-6-11-20(23)28/h6-14,17,21,35H,5,15-16H2,1-4H3,(H,29,34)(H,32,33)/t21-,27+/m0/s1. The number of aliphatic hydroxyl groups is 1. The van der Waals surface area contributed by atoms with Gasteiger partial charge in [-0.2, -0.15) is 9.78 Å². The van der Waals surface area contributed by atoms with E-state index >= 15 is 0 Å². The summed E-state index contributed by atoms with van der Waals surface area (Å²) in [4.78, 5) is 24.7.